The fourth-order valence-electron chi connectivity index (χ4n) is 5.90. The van der Waals surface area contributed by atoms with E-state index in [1.807, 2.05) is 18.7 Å². The van der Waals surface area contributed by atoms with Crippen molar-refractivity contribution in [3.63, 3.8) is 0 Å². The summed E-state index contributed by atoms with van der Waals surface area (Å²) in [6, 6.07) is 7.25. The minimum absolute atomic E-state index is 0.0750. The predicted molar refractivity (Wildman–Crippen MR) is 163 cm³/mol. The smallest absolute Gasteiger partial charge is 0.355 e. The molecule has 0 radical (unpaired) electrons. The topological polar surface area (TPSA) is 103 Å². The quantitative estimate of drug-likeness (QED) is 0.325. The number of ether oxygens (including phenoxy) is 1. The summed E-state index contributed by atoms with van der Waals surface area (Å²) in [6.07, 6.45) is 1.27. The average Bonchev–Trinajstić information content (AvgIpc) is 3.15. The Labute approximate surface area is 251 Å². The van der Waals surface area contributed by atoms with Crippen LogP contribution in [0.2, 0.25) is 5.02 Å². The van der Waals surface area contributed by atoms with Gasteiger partial charge in [0.15, 0.2) is 11.4 Å². The second-order valence-corrected chi connectivity index (χ2v) is 11.4. The number of nitrogens with zero attached hydrogens (tertiary/aromatic N) is 6. The highest BCUT2D eigenvalue weighted by Crippen LogP contribution is 2.45. The fraction of sp³-hybridized carbons (Fsp3) is 0.323. The van der Waals surface area contributed by atoms with Gasteiger partial charge in [0.1, 0.15) is 28.7 Å². The van der Waals surface area contributed by atoms with Crippen molar-refractivity contribution in [1.82, 2.24) is 24.0 Å². The molecule has 2 aliphatic rings. The van der Waals surface area contributed by atoms with Gasteiger partial charge < -0.3 is 19.1 Å². The van der Waals surface area contributed by atoms with E-state index in [0.717, 1.165) is 0 Å². The first-order valence-electron chi connectivity index (χ1n) is 14.0. The molecule has 222 valence electrons. The highest BCUT2D eigenvalue weighted by atomic mass is 35.5. The van der Waals surface area contributed by atoms with Gasteiger partial charge in [0.05, 0.1) is 17.4 Å². The largest absolute Gasteiger partial charge is 0.489 e. The molecule has 1 fully saturated rings. The fourth-order valence-corrected chi connectivity index (χ4v) is 6.20. The van der Waals surface area contributed by atoms with E-state index in [4.69, 9.17) is 21.3 Å². The molecule has 0 bridgehead atoms. The normalized spacial score (nSPS) is 16.2. The van der Waals surface area contributed by atoms with Crippen molar-refractivity contribution < 1.29 is 13.9 Å². The average molecular weight is 605 g/mol. The van der Waals surface area contributed by atoms with Crippen LogP contribution in [0.15, 0.2) is 52.6 Å². The van der Waals surface area contributed by atoms with Crippen LogP contribution < -0.4 is 20.9 Å². The zero-order valence-electron chi connectivity index (χ0n) is 24.2. The van der Waals surface area contributed by atoms with E-state index in [9.17, 15) is 14.4 Å². The lowest BCUT2D eigenvalue weighted by molar-refractivity contribution is -0.126. The van der Waals surface area contributed by atoms with Gasteiger partial charge in [-0.15, -0.1) is 0 Å². The Kier molecular flexibility index (Phi) is 7.08. The van der Waals surface area contributed by atoms with Crippen LogP contribution in [-0.4, -0.2) is 62.2 Å². The molecule has 0 unspecified atom stereocenters. The van der Waals surface area contributed by atoms with Crippen molar-refractivity contribution in [3.8, 4) is 22.7 Å². The zero-order valence-corrected chi connectivity index (χ0v) is 25.0. The number of rotatable bonds is 4. The summed E-state index contributed by atoms with van der Waals surface area (Å²) in [5.41, 5.74) is 1.19. The van der Waals surface area contributed by atoms with Crippen molar-refractivity contribution in [2.24, 2.45) is 7.05 Å². The number of pyridine rings is 2. The van der Waals surface area contributed by atoms with Crippen molar-refractivity contribution >= 4 is 34.4 Å². The lowest BCUT2D eigenvalue weighted by Crippen LogP contribution is -2.56. The summed E-state index contributed by atoms with van der Waals surface area (Å²) in [5, 5.41) is 0.463. The summed E-state index contributed by atoms with van der Waals surface area (Å²) < 4.78 is 24.4. The Bertz CT molecular complexity index is 1950. The predicted octanol–water partition coefficient (Wildman–Crippen LogP) is 3.97. The van der Waals surface area contributed by atoms with Crippen LogP contribution in [0, 0.1) is 12.7 Å². The molecule has 3 aromatic heterocycles. The first kappa shape index (κ1) is 28.6. The Morgan fingerprint density at radius 3 is 2.65 bits per heavy atom. The number of hydrogen-bond acceptors (Lipinski definition) is 7. The molecule has 12 heteroatoms. The van der Waals surface area contributed by atoms with Gasteiger partial charge in [0.2, 0.25) is 5.91 Å². The third-order valence-electron chi connectivity index (χ3n) is 8.27. The Morgan fingerprint density at radius 2 is 1.95 bits per heavy atom. The molecule has 0 saturated carbocycles. The monoisotopic (exact) mass is 604 g/mol. The molecular weight excluding hydrogens is 575 g/mol. The standard InChI is InChI=1S/C31H30ClFN6O4/c1-6-22(40)37-11-12-38-18(14-37)15-43-28-24-29(38)35-31(42)39(27-17(4)36(5)23(41)13-20(27)16(2)3)30(24)34-26(25(28)32)19-9-7-8-10-21(19)33/h6-10,13,16,18H,1,11-12,14-15H2,2-5H3/t18-/m1/s1. The summed E-state index contributed by atoms with van der Waals surface area (Å²) >= 11 is 6.96. The second kappa shape index (κ2) is 10.6. The van der Waals surface area contributed by atoms with E-state index in [2.05, 4.69) is 11.6 Å². The van der Waals surface area contributed by atoms with Gasteiger partial charge in [-0.1, -0.05) is 44.2 Å². The van der Waals surface area contributed by atoms with Gasteiger partial charge >= 0.3 is 5.69 Å². The number of piperazine rings is 1. The molecule has 0 N–H and O–H groups in total. The van der Waals surface area contributed by atoms with Gasteiger partial charge in [0.25, 0.3) is 5.56 Å². The van der Waals surface area contributed by atoms with Gasteiger partial charge in [-0.2, -0.15) is 4.98 Å². The first-order chi connectivity index (χ1) is 20.5. The number of amides is 1. The number of fused-ring (bicyclic) bond motifs is 2. The van der Waals surface area contributed by atoms with Crippen LogP contribution >= 0.6 is 11.6 Å². The van der Waals surface area contributed by atoms with Gasteiger partial charge in [0, 0.05) is 44.0 Å². The molecule has 0 aliphatic carbocycles. The molecule has 1 amide bonds. The van der Waals surface area contributed by atoms with Crippen molar-refractivity contribution in [1.29, 1.82) is 0 Å². The lowest BCUT2D eigenvalue weighted by atomic mass is 10.0. The summed E-state index contributed by atoms with van der Waals surface area (Å²) in [4.78, 5) is 52.4. The molecule has 1 aromatic carbocycles. The van der Waals surface area contributed by atoms with E-state index in [-0.39, 0.29) is 57.7 Å². The van der Waals surface area contributed by atoms with E-state index >= 15 is 4.39 Å². The number of carbonyl (C=O) groups excluding carboxylic acids is 1. The molecule has 2 aliphatic heterocycles. The number of hydrogen-bond donors (Lipinski definition) is 0. The summed E-state index contributed by atoms with van der Waals surface area (Å²) in [6.45, 7) is 10.4. The van der Waals surface area contributed by atoms with Crippen LogP contribution in [0.5, 0.6) is 5.75 Å². The number of aromatic nitrogens is 4. The highest BCUT2D eigenvalue weighted by molar-refractivity contribution is 6.36. The number of benzene rings is 1. The van der Waals surface area contributed by atoms with E-state index in [1.54, 1.807) is 37.1 Å². The van der Waals surface area contributed by atoms with Crippen LogP contribution in [0.4, 0.5) is 10.2 Å². The minimum atomic E-state index is -0.628. The summed E-state index contributed by atoms with van der Waals surface area (Å²) in [5.74, 6) is -0.345. The zero-order chi connectivity index (χ0) is 30.7. The van der Waals surface area contributed by atoms with Crippen LogP contribution in [0.25, 0.3) is 28.0 Å². The van der Waals surface area contributed by atoms with Crippen LogP contribution in [-0.2, 0) is 11.8 Å². The molecule has 0 spiro atoms. The van der Waals surface area contributed by atoms with Crippen molar-refractivity contribution in [3.05, 3.63) is 85.9 Å². The van der Waals surface area contributed by atoms with Gasteiger partial charge in [-0.05, 0) is 36.6 Å². The lowest BCUT2D eigenvalue weighted by Gasteiger charge is -2.40. The SMILES string of the molecule is C=CC(=O)N1CCN2c3nc(=O)n(-c4c(C(C)C)cc(=O)n(C)c4C)c4nc(-c5ccccc5F)c(Cl)c(c34)OC[C@H]2C1. The first-order valence-corrected chi connectivity index (χ1v) is 14.3. The van der Waals surface area contributed by atoms with Crippen molar-refractivity contribution in [2.45, 2.75) is 32.7 Å². The minimum Gasteiger partial charge on any atom is -0.489 e. The summed E-state index contributed by atoms with van der Waals surface area (Å²) in [7, 11) is 1.63. The molecule has 43 heavy (non-hydrogen) atoms. The van der Waals surface area contributed by atoms with E-state index < -0.39 is 11.5 Å². The molecular formula is C31H30ClFN6O4. The van der Waals surface area contributed by atoms with E-state index in [1.165, 1.54) is 27.3 Å². The third-order valence-corrected chi connectivity index (χ3v) is 8.62. The number of anilines is 1. The molecule has 4 aromatic rings. The van der Waals surface area contributed by atoms with Gasteiger partial charge in [-0.25, -0.2) is 18.7 Å². The van der Waals surface area contributed by atoms with Gasteiger partial charge in [-0.3, -0.25) is 9.59 Å². The number of halogens is 2. The Hall–Kier alpha value is -4.51. The maximum Gasteiger partial charge on any atom is 0.355 e. The maximum absolute atomic E-state index is 15.2. The Balaban J connectivity index is 1.73. The molecule has 5 heterocycles. The van der Waals surface area contributed by atoms with Crippen LogP contribution in [0.1, 0.15) is 31.0 Å². The Morgan fingerprint density at radius 1 is 1.21 bits per heavy atom. The van der Waals surface area contributed by atoms with Crippen LogP contribution in [0.3, 0.4) is 0 Å². The molecule has 10 nitrogen and oxygen atoms in total. The molecule has 1 atom stereocenters. The molecule has 1 saturated heterocycles. The third kappa shape index (κ3) is 4.50. The highest BCUT2D eigenvalue weighted by Gasteiger charge is 2.37. The maximum atomic E-state index is 15.2. The number of carbonyl (C=O) groups is 1. The molecule has 6 rings (SSSR count). The van der Waals surface area contributed by atoms with E-state index in [0.29, 0.717) is 47.8 Å². The van der Waals surface area contributed by atoms with Crippen molar-refractivity contribution in [2.75, 3.05) is 31.1 Å². The second-order valence-electron chi connectivity index (χ2n) is 11.1.